The lowest BCUT2D eigenvalue weighted by Crippen LogP contribution is -1.98. The quantitative estimate of drug-likeness (QED) is 0.749. The summed E-state index contributed by atoms with van der Waals surface area (Å²) in [6.07, 6.45) is 0. The first-order valence-electron chi connectivity index (χ1n) is 6.19. The molecule has 1 aromatic heterocycles. The predicted octanol–water partition coefficient (Wildman–Crippen LogP) is 4.64. The maximum atomic E-state index is 13.1. The van der Waals surface area contributed by atoms with Crippen LogP contribution in [0.2, 0.25) is 5.02 Å². The number of nitrogens with zero attached hydrogens (tertiary/aromatic N) is 2. The van der Waals surface area contributed by atoms with Crippen molar-refractivity contribution in [2.45, 2.75) is 0 Å². The SMILES string of the molecule is N#Cc1cc2ccccc2nc1Nc1ccc(F)cc1Cl. The number of halogens is 2. The second-order valence-corrected chi connectivity index (χ2v) is 4.85. The minimum absolute atomic E-state index is 0.230. The van der Waals surface area contributed by atoms with Gasteiger partial charge in [0.1, 0.15) is 17.7 Å². The summed E-state index contributed by atoms with van der Waals surface area (Å²) in [5.41, 5.74) is 1.66. The largest absolute Gasteiger partial charge is 0.338 e. The van der Waals surface area contributed by atoms with Crippen LogP contribution in [-0.2, 0) is 0 Å². The molecule has 0 fully saturated rings. The van der Waals surface area contributed by atoms with E-state index in [4.69, 9.17) is 11.6 Å². The van der Waals surface area contributed by atoms with Gasteiger partial charge in [-0.05, 0) is 30.3 Å². The van der Waals surface area contributed by atoms with Crippen LogP contribution in [0.3, 0.4) is 0 Å². The summed E-state index contributed by atoms with van der Waals surface area (Å²) in [4.78, 5) is 4.42. The van der Waals surface area contributed by atoms with Crippen LogP contribution in [0.1, 0.15) is 5.56 Å². The Morgan fingerprint density at radius 2 is 1.95 bits per heavy atom. The zero-order chi connectivity index (χ0) is 14.8. The number of aromatic nitrogens is 1. The molecule has 1 heterocycles. The van der Waals surface area contributed by atoms with E-state index >= 15 is 0 Å². The third kappa shape index (κ3) is 2.64. The van der Waals surface area contributed by atoms with E-state index in [0.29, 0.717) is 17.1 Å². The summed E-state index contributed by atoms with van der Waals surface area (Å²) in [7, 11) is 0. The molecule has 3 aromatic rings. The van der Waals surface area contributed by atoms with Crippen molar-refractivity contribution in [3.05, 3.63) is 64.9 Å². The number of fused-ring (bicyclic) bond motifs is 1. The number of para-hydroxylation sites is 1. The average Bonchev–Trinajstić information content (AvgIpc) is 2.49. The van der Waals surface area contributed by atoms with Crippen LogP contribution in [-0.4, -0.2) is 4.98 Å². The number of nitrogens with one attached hydrogen (secondary N) is 1. The second kappa shape index (κ2) is 5.39. The highest BCUT2D eigenvalue weighted by molar-refractivity contribution is 6.33. The van der Waals surface area contributed by atoms with Gasteiger partial charge in [-0.25, -0.2) is 9.37 Å². The van der Waals surface area contributed by atoms with E-state index in [2.05, 4.69) is 16.4 Å². The molecule has 2 aromatic carbocycles. The van der Waals surface area contributed by atoms with Gasteiger partial charge in [0.2, 0.25) is 0 Å². The molecular weight excluding hydrogens is 289 g/mol. The van der Waals surface area contributed by atoms with Crippen molar-refractivity contribution in [2.24, 2.45) is 0 Å². The number of nitriles is 1. The summed E-state index contributed by atoms with van der Waals surface area (Å²) in [5, 5.41) is 13.3. The van der Waals surface area contributed by atoms with E-state index in [1.165, 1.54) is 18.2 Å². The number of benzene rings is 2. The number of pyridine rings is 1. The molecule has 0 radical (unpaired) electrons. The zero-order valence-electron chi connectivity index (χ0n) is 10.8. The second-order valence-electron chi connectivity index (χ2n) is 4.44. The van der Waals surface area contributed by atoms with E-state index in [-0.39, 0.29) is 5.02 Å². The molecular formula is C16H9ClFN3. The van der Waals surface area contributed by atoms with Crippen molar-refractivity contribution in [3.63, 3.8) is 0 Å². The van der Waals surface area contributed by atoms with Crippen molar-refractivity contribution in [1.82, 2.24) is 4.98 Å². The minimum Gasteiger partial charge on any atom is -0.338 e. The van der Waals surface area contributed by atoms with Crippen LogP contribution in [0.5, 0.6) is 0 Å². The number of anilines is 2. The summed E-state index contributed by atoms with van der Waals surface area (Å²) in [6, 6.07) is 15.4. The lowest BCUT2D eigenvalue weighted by Gasteiger charge is -2.10. The first kappa shape index (κ1) is 13.3. The van der Waals surface area contributed by atoms with Gasteiger partial charge in [-0.3, -0.25) is 0 Å². The van der Waals surface area contributed by atoms with Crippen molar-refractivity contribution in [3.8, 4) is 6.07 Å². The highest BCUT2D eigenvalue weighted by Gasteiger charge is 2.09. The molecule has 0 atom stereocenters. The summed E-state index contributed by atoms with van der Waals surface area (Å²) in [6.45, 7) is 0. The summed E-state index contributed by atoms with van der Waals surface area (Å²) in [5.74, 6) is -0.0257. The van der Waals surface area contributed by atoms with Gasteiger partial charge in [0.15, 0.2) is 0 Å². The highest BCUT2D eigenvalue weighted by atomic mass is 35.5. The molecule has 0 amide bonds. The first-order valence-corrected chi connectivity index (χ1v) is 6.57. The zero-order valence-corrected chi connectivity index (χ0v) is 11.5. The molecule has 0 bridgehead atoms. The van der Waals surface area contributed by atoms with Gasteiger partial charge < -0.3 is 5.32 Å². The predicted molar refractivity (Wildman–Crippen MR) is 81.2 cm³/mol. The summed E-state index contributed by atoms with van der Waals surface area (Å²) >= 11 is 5.98. The number of rotatable bonds is 2. The molecule has 0 aliphatic heterocycles. The Morgan fingerprint density at radius 1 is 1.14 bits per heavy atom. The van der Waals surface area contributed by atoms with Crippen LogP contribution in [0.25, 0.3) is 10.9 Å². The van der Waals surface area contributed by atoms with Crippen LogP contribution in [0.4, 0.5) is 15.9 Å². The Morgan fingerprint density at radius 3 is 2.71 bits per heavy atom. The van der Waals surface area contributed by atoms with E-state index in [1.807, 2.05) is 24.3 Å². The molecule has 0 spiro atoms. The van der Waals surface area contributed by atoms with Crippen LogP contribution >= 0.6 is 11.6 Å². The van der Waals surface area contributed by atoms with Gasteiger partial charge in [-0.1, -0.05) is 29.8 Å². The lowest BCUT2D eigenvalue weighted by molar-refractivity contribution is 0.628. The van der Waals surface area contributed by atoms with Gasteiger partial charge in [0.05, 0.1) is 21.8 Å². The third-order valence-electron chi connectivity index (χ3n) is 3.03. The molecule has 5 heteroatoms. The van der Waals surface area contributed by atoms with Gasteiger partial charge in [0, 0.05) is 5.39 Å². The van der Waals surface area contributed by atoms with E-state index in [9.17, 15) is 9.65 Å². The van der Waals surface area contributed by atoms with Gasteiger partial charge in [-0.15, -0.1) is 0 Å². The molecule has 0 aliphatic rings. The maximum Gasteiger partial charge on any atom is 0.149 e. The molecule has 0 aliphatic carbocycles. The summed E-state index contributed by atoms with van der Waals surface area (Å²) < 4.78 is 13.1. The Balaban J connectivity index is 2.09. The number of hydrogen-bond acceptors (Lipinski definition) is 3. The fraction of sp³-hybridized carbons (Fsp3) is 0. The Bertz CT molecular complexity index is 871. The molecule has 3 rings (SSSR count). The Hall–Kier alpha value is -2.64. The molecule has 0 unspecified atom stereocenters. The normalized spacial score (nSPS) is 10.3. The Labute approximate surface area is 125 Å². The van der Waals surface area contributed by atoms with Crippen LogP contribution in [0, 0.1) is 17.1 Å². The van der Waals surface area contributed by atoms with E-state index in [1.54, 1.807) is 6.07 Å². The van der Waals surface area contributed by atoms with Crippen molar-refractivity contribution < 1.29 is 4.39 Å². The standard InChI is InChI=1S/C16H9ClFN3/c17-13-8-12(18)5-6-15(13)21-16-11(9-19)7-10-3-1-2-4-14(10)20-16/h1-8H,(H,20,21). The first-order chi connectivity index (χ1) is 10.2. The highest BCUT2D eigenvalue weighted by Crippen LogP contribution is 2.28. The topological polar surface area (TPSA) is 48.7 Å². The Kier molecular flexibility index (Phi) is 3.43. The fourth-order valence-corrected chi connectivity index (χ4v) is 2.23. The van der Waals surface area contributed by atoms with Crippen molar-refractivity contribution in [2.75, 3.05) is 5.32 Å². The molecule has 102 valence electrons. The van der Waals surface area contributed by atoms with Gasteiger partial charge in [0.25, 0.3) is 0 Å². The average molecular weight is 298 g/mol. The monoisotopic (exact) mass is 297 g/mol. The maximum absolute atomic E-state index is 13.1. The van der Waals surface area contributed by atoms with Crippen LogP contribution < -0.4 is 5.32 Å². The molecule has 0 saturated heterocycles. The van der Waals surface area contributed by atoms with Crippen molar-refractivity contribution in [1.29, 1.82) is 5.26 Å². The van der Waals surface area contributed by atoms with E-state index in [0.717, 1.165) is 10.9 Å². The minimum atomic E-state index is -0.419. The fourth-order valence-electron chi connectivity index (χ4n) is 2.01. The van der Waals surface area contributed by atoms with Crippen LogP contribution in [0.15, 0.2) is 48.5 Å². The molecule has 0 saturated carbocycles. The lowest BCUT2D eigenvalue weighted by atomic mass is 10.1. The molecule has 3 nitrogen and oxygen atoms in total. The smallest absolute Gasteiger partial charge is 0.149 e. The number of hydrogen-bond donors (Lipinski definition) is 1. The van der Waals surface area contributed by atoms with Gasteiger partial charge in [-0.2, -0.15) is 5.26 Å². The third-order valence-corrected chi connectivity index (χ3v) is 3.34. The van der Waals surface area contributed by atoms with E-state index < -0.39 is 5.82 Å². The molecule has 1 N–H and O–H groups in total. The molecule has 21 heavy (non-hydrogen) atoms. The van der Waals surface area contributed by atoms with Crippen molar-refractivity contribution >= 4 is 34.0 Å². The van der Waals surface area contributed by atoms with Gasteiger partial charge >= 0.3 is 0 Å².